The highest BCUT2D eigenvalue weighted by Gasteiger charge is 1.86. The molecule has 0 N–H and O–H groups in total. The summed E-state index contributed by atoms with van der Waals surface area (Å²) in [6.45, 7) is 0. The molecule has 2 aromatic carbocycles. The lowest BCUT2D eigenvalue weighted by atomic mass is 10.3. The van der Waals surface area contributed by atoms with E-state index in [1.807, 2.05) is 60.7 Å². The third-order valence-corrected chi connectivity index (χ3v) is 1.79. The third kappa shape index (κ3) is 3.35. The maximum atomic E-state index is 4.10. The Labute approximate surface area is 90.3 Å². The normalized spacial score (nSPS) is 9.87. The minimum absolute atomic E-state index is 0. The Hall–Kier alpha value is -1.96. The summed E-state index contributed by atoms with van der Waals surface area (Å²) in [5.41, 5.74) is 1.74. The molecule has 0 amide bonds. The number of hydrogen-bond donors (Lipinski definition) is 0. The zero-order chi connectivity index (χ0) is 9.64. The van der Waals surface area contributed by atoms with E-state index >= 15 is 0 Å². The van der Waals surface area contributed by atoms with E-state index in [1.54, 1.807) is 0 Å². The molecule has 0 saturated heterocycles. The Kier molecular flexibility index (Phi) is 4.23. The van der Waals surface area contributed by atoms with E-state index < -0.39 is 0 Å². The third-order valence-electron chi connectivity index (χ3n) is 1.79. The minimum Gasteiger partial charge on any atom is -0.151 e. The molecule has 0 aliphatic carbocycles. The molecule has 0 bridgehead atoms. The van der Waals surface area contributed by atoms with Gasteiger partial charge < -0.3 is 0 Å². The van der Waals surface area contributed by atoms with Gasteiger partial charge in [0.1, 0.15) is 0 Å². The van der Waals surface area contributed by atoms with E-state index in [9.17, 15) is 0 Å². The van der Waals surface area contributed by atoms with Gasteiger partial charge in [-0.15, -0.1) is 0 Å². The summed E-state index contributed by atoms with van der Waals surface area (Å²) in [5.74, 6) is 0. The molecule has 0 spiro atoms. The minimum atomic E-state index is 0. The van der Waals surface area contributed by atoms with Crippen LogP contribution in [-0.2, 0) is 0 Å². The first-order valence-corrected chi connectivity index (χ1v) is 4.47. The van der Waals surface area contributed by atoms with Crippen molar-refractivity contribution >= 4 is 11.4 Å². The van der Waals surface area contributed by atoms with Crippen molar-refractivity contribution in [3.05, 3.63) is 68.1 Å². The Morgan fingerprint density at radius 2 is 0.867 bits per heavy atom. The van der Waals surface area contributed by atoms with Crippen molar-refractivity contribution in [1.29, 1.82) is 0 Å². The second-order valence-corrected chi connectivity index (χ2v) is 2.87. The van der Waals surface area contributed by atoms with E-state index in [2.05, 4.69) is 10.2 Å². The summed E-state index contributed by atoms with van der Waals surface area (Å²) in [7, 11) is 0. The quantitative estimate of drug-likeness (QED) is 0.640. The maximum Gasteiger partial charge on any atom is 0.0857 e. The number of nitrogens with zero attached hydrogens (tertiary/aromatic N) is 2. The first-order valence-electron chi connectivity index (χ1n) is 4.47. The van der Waals surface area contributed by atoms with Gasteiger partial charge in [0.25, 0.3) is 0 Å². The van der Waals surface area contributed by atoms with E-state index in [4.69, 9.17) is 0 Å². The topological polar surface area (TPSA) is 24.7 Å². The fraction of sp³-hybridized carbons (Fsp3) is 0. The molecule has 0 saturated carbocycles. The summed E-state index contributed by atoms with van der Waals surface area (Å²) in [4.78, 5) is 0. The lowest BCUT2D eigenvalue weighted by Crippen LogP contribution is -1.62. The van der Waals surface area contributed by atoms with E-state index in [0.29, 0.717) is 0 Å². The van der Waals surface area contributed by atoms with Crippen LogP contribution in [0, 0.1) is 7.43 Å². The zero-order valence-corrected chi connectivity index (χ0v) is 8.17. The first-order chi connectivity index (χ1) is 6.95. The molecule has 0 aromatic heterocycles. The van der Waals surface area contributed by atoms with Gasteiger partial charge in [0.15, 0.2) is 0 Å². The van der Waals surface area contributed by atoms with Crippen LogP contribution in [0.2, 0.25) is 0 Å². The molecule has 72 valence electrons. The molecule has 0 heterocycles. The molecule has 0 atom stereocenters. The van der Waals surface area contributed by atoms with Gasteiger partial charge in [-0.2, -0.15) is 10.2 Å². The Morgan fingerprint density at radius 3 is 1.20 bits per heavy atom. The van der Waals surface area contributed by atoms with Crippen molar-refractivity contribution in [2.24, 2.45) is 10.2 Å². The van der Waals surface area contributed by atoms with Gasteiger partial charge >= 0.3 is 0 Å². The molecule has 0 aliphatic heterocycles. The summed E-state index contributed by atoms with van der Waals surface area (Å²) in [6, 6.07) is 19.4. The fourth-order valence-electron chi connectivity index (χ4n) is 1.10. The molecular weight excluding hydrogens is 184 g/mol. The Bertz CT molecular complexity index is 366. The SMILES string of the molecule is [C].c1ccc(N=Nc2ccccc2)cc1. The first kappa shape index (κ1) is 11.1. The Balaban J connectivity index is 0.00000112. The van der Waals surface area contributed by atoms with Crippen LogP contribution in [0.1, 0.15) is 0 Å². The highest BCUT2D eigenvalue weighted by Crippen LogP contribution is 2.16. The second-order valence-electron chi connectivity index (χ2n) is 2.87. The summed E-state index contributed by atoms with van der Waals surface area (Å²) >= 11 is 0. The molecule has 2 heteroatoms. The van der Waals surface area contributed by atoms with E-state index in [1.165, 1.54) is 0 Å². The fourth-order valence-corrected chi connectivity index (χ4v) is 1.10. The van der Waals surface area contributed by atoms with Crippen LogP contribution >= 0.6 is 0 Å². The second kappa shape index (κ2) is 5.70. The average molecular weight is 194 g/mol. The number of azo groups is 1. The number of benzene rings is 2. The van der Waals surface area contributed by atoms with Crippen LogP contribution < -0.4 is 0 Å². The highest BCUT2D eigenvalue weighted by molar-refractivity contribution is 5.39. The van der Waals surface area contributed by atoms with Crippen molar-refractivity contribution < 1.29 is 0 Å². The maximum absolute atomic E-state index is 4.10. The van der Waals surface area contributed by atoms with Gasteiger partial charge in [-0.3, -0.25) is 0 Å². The van der Waals surface area contributed by atoms with E-state index in [-0.39, 0.29) is 7.43 Å². The lowest BCUT2D eigenvalue weighted by Gasteiger charge is -1.91. The van der Waals surface area contributed by atoms with Crippen LogP contribution in [0.3, 0.4) is 0 Å². The van der Waals surface area contributed by atoms with Crippen LogP contribution in [0.25, 0.3) is 0 Å². The zero-order valence-electron chi connectivity index (χ0n) is 8.17. The van der Waals surface area contributed by atoms with Gasteiger partial charge in [-0.05, 0) is 24.3 Å². The van der Waals surface area contributed by atoms with Crippen molar-refractivity contribution in [2.75, 3.05) is 0 Å². The van der Waals surface area contributed by atoms with Gasteiger partial charge in [-0.25, -0.2) is 0 Å². The molecule has 0 aliphatic rings. The standard InChI is InChI=1S/C12H10N2.C/c1-3-7-11(8-4-1)13-14-12-9-5-2-6-10-12;/h1-10H;. The lowest BCUT2D eigenvalue weighted by molar-refractivity contribution is 1.23. The van der Waals surface area contributed by atoms with Gasteiger partial charge in [0, 0.05) is 7.43 Å². The number of rotatable bonds is 2. The van der Waals surface area contributed by atoms with Crippen LogP contribution in [0.4, 0.5) is 11.4 Å². The van der Waals surface area contributed by atoms with Crippen molar-refractivity contribution in [3.63, 3.8) is 0 Å². The average Bonchev–Trinajstić information content (AvgIpc) is 2.29. The van der Waals surface area contributed by atoms with E-state index in [0.717, 1.165) is 11.4 Å². The Morgan fingerprint density at radius 1 is 0.533 bits per heavy atom. The van der Waals surface area contributed by atoms with Crippen LogP contribution in [0.15, 0.2) is 70.9 Å². The predicted molar refractivity (Wildman–Crippen MR) is 60.3 cm³/mol. The van der Waals surface area contributed by atoms with Crippen molar-refractivity contribution in [1.82, 2.24) is 0 Å². The smallest absolute Gasteiger partial charge is 0.0857 e. The molecule has 2 rings (SSSR count). The molecule has 4 radical (unpaired) electrons. The molecule has 2 aromatic rings. The molecule has 0 fully saturated rings. The molecule has 0 unspecified atom stereocenters. The molecular formula is C13H10N2. The number of hydrogen-bond acceptors (Lipinski definition) is 2. The summed E-state index contributed by atoms with van der Waals surface area (Å²) in [6.07, 6.45) is 0. The predicted octanol–water partition coefficient (Wildman–Crippen LogP) is 4.18. The van der Waals surface area contributed by atoms with Gasteiger partial charge in [-0.1, -0.05) is 36.4 Å². The van der Waals surface area contributed by atoms with Crippen LogP contribution in [0.5, 0.6) is 0 Å². The largest absolute Gasteiger partial charge is 0.151 e. The summed E-state index contributed by atoms with van der Waals surface area (Å²) in [5, 5.41) is 8.20. The van der Waals surface area contributed by atoms with Crippen molar-refractivity contribution in [3.8, 4) is 0 Å². The monoisotopic (exact) mass is 194 g/mol. The van der Waals surface area contributed by atoms with Crippen molar-refractivity contribution in [2.45, 2.75) is 0 Å². The van der Waals surface area contributed by atoms with Gasteiger partial charge in [0.05, 0.1) is 11.4 Å². The highest BCUT2D eigenvalue weighted by atomic mass is 15.1. The molecule has 15 heavy (non-hydrogen) atoms. The summed E-state index contributed by atoms with van der Waals surface area (Å²) < 4.78 is 0. The van der Waals surface area contributed by atoms with Gasteiger partial charge in [0.2, 0.25) is 0 Å². The van der Waals surface area contributed by atoms with Crippen LogP contribution in [-0.4, -0.2) is 0 Å². The molecule has 2 nitrogen and oxygen atoms in total.